The highest BCUT2D eigenvalue weighted by atomic mass is 16.6. The maximum atomic E-state index is 11.3. The quantitative estimate of drug-likeness (QED) is 0.630. The van der Waals surface area contributed by atoms with Crippen LogP contribution in [0.4, 0.5) is 5.69 Å². The van der Waals surface area contributed by atoms with E-state index in [4.69, 9.17) is 15.3 Å². The predicted octanol–water partition coefficient (Wildman–Crippen LogP) is 3.00. The molecule has 24 heavy (non-hydrogen) atoms. The second-order valence-electron chi connectivity index (χ2n) is 4.77. The van der Waals surface area contributed by atoms with E-state index in [2.05, 4.69) is 0 Å². The topological polar surface area (TPSA) is 124 Å². The lowest BCUT2D eigenvalue weighted by Gasteiger charge is -2.12. The Balaban J connectivity index is 2.67. The molecular weight excluding hydrogens is 308 g/mol. The minimum absolute atomic E-state index is 0.00754. The van der Waals surface area contributed by atoms with Gasteiger partial charge in [-0.2, -0.15) is 15.8 Å². The number of hydrogen-bond donors (Lipinski definition) is 0. The molecule has 7 nitrogen and oxygen atoms in total. The van der Waals surface area contributed by atoms with Gasteiger partial charge in [-0.05, 0) is 23.8 Å². The SMILES string of the molecule is COc1ccc(C(C#N)c2cc(C#N)c(C#N)cc2[N+](=O)[O-])cc1. The summed E-state index contributed by atoms with van der Waals surface area (Å²) < 4.78 is 5.05. The van der Waals surface area contributed by atoms with Crippen molar-refractivity contribution in [3.8, 4) is 24.0 Å². The van der Waals surface area contributed by atoms with E-state index in [1.165, 1.54) is 13.2 Å². The number of nitro benzene ring substituents is 1. The van der Waals surface area contributed by atoms with Crippen molar-refractivity contribution < 1.29 is 9.66 Å². The van der Waals surface area contributed by atoms with E-state index in [0.29, 0.717) is 11.3 Å². The molecule has 0 radical (unpaired) electrons. The molecule has 1 unspecified atom stereocenters. The molecule has 2 aromatic carbocycles. The summed E-state index contributed by atoms with van der Waals surface area (Å²) in [4.78, 5) is 10.7. The largest absolute Gasteiger partial charge is 0.497 e. The van der Waals surface area contributed by atoms with Gasteiger partial charge in [0.05, 0.1) is 34.8 Å². The third kappa shape index (κ3) is 2.99. The van der Waals surface area contributed by atoms with Crippen molar-refractivity contribution in [3.05, 3.63) is 68.8 Å². The summed E-state index contributed by atoms with van der Waals surface area (Å²) in [6.07, 6.45) is 0. The van der Waals surface area contributed by atoms with Gasteiger partial charge in [0.25, 0.3) is 5.69 Å². The smallest absolute Gasteiger partial charge is 0.275 e. The average molecular weight is 318 g/mol. The van der Waals surface area contributed by atoms with Gasteiger partial charge < -0.3 is 4.74 Å². The van der Waals surface area contributed by atoms with Crippen molar-refractivity contribution in [2.24, 2.45) is 0 Å². The maximum Gasteiger partial charge on any atom is 0.275 e. The van der Waals surface area contributed by atoms with Crippen LogP contribution in [-0.4, -0.2) is 12.0 Å². The zero-order valence-corrected chi connectivity index (χ0v) is 12.6. The van der Waals surface area contributed by atoms with E-state index < -0.39 is 10.8 Å². The molecule has 116 valence electrons. The summed E-state index contributed by atoms with van der Waals surface area (Å²) >= 11 is 0. The molecule has 0 aliphatic rings. The van der Waals surface area contributed by atoms with Crippen LogP contribution in [0, 0.1) is 44.1 Å². The monoisotopic (exact) mass is 318 g/mol. The average Bonchev–Trinajstić information content (AvgIpc) is 2.62. The van der Waals surface area contributed by atoms with Crippen LogP contribution < -0.4 is 4.74 Å². The Morgan fingerprint density at radius 1 is 1.08 bits per heavy atom. The molecule has 0 bridgehead atoms. The number of nitriles is 3. The van der Waals surface area contributed by atoms with Crippen LogP contribution >= 0.6 is 0 Å². The molecule has 0 spiro atoms. The zero-order valence-electron chi connectivity index (χ0n) is 12.6. The number of ether oxygens (including phenoxy) is 1. The maximum absolute atomic E-state index is 11.3. The summed E-state index contributed by atoms with van der Waals surface area (Å²) in [7, 11) is 1.50. The van der Waals surface area contributed by atoms with Crippen molar-refractivity contribution in [1.82, 2.24) is 0 Å². The highest BCUT2D eigenvalue weighted by Gasteiger charge is 2.26. The van der Waals surface area contributed by atoms with Gasteiger partial charge in [0, 0.05) is 6.07 Å². The lowest BCUT2D eigenvalue weighted by Crippen LogP contribution is -2.05. The van der Waals surface area contributed by atoms with Crippen molar-refractivity contribution in [1.29, 1.82) is 15.8 Å². The molecule has 0 heterocycles. The lowest BCUT2D eigenvalue weighted by molar-refractivity contribution is -0.385. The second kappa shape index (κ2) is 6.91. The fraction of sp³-hybridized carbons (Fsp3) is 0.118. The molecule has 0 aliphatic carbocycles. The van der Waals surface area contributed by atoms with E-state index >= 15 is 0 Å². The molecule has 1 atom stereocenters. The van der Waals surface area contributed by atoms with E-state index in [9.17, 15) is 15.4 Å². The fourth-order valence-corrected chi connectivity index (χ4v) is 2.30. The summed E-state index contributed by atoms with van der Waals surface area (Å²) in [5.41, 5.74) is 0.123. The van der Waals surface area contributed by atoms with E-state index in [-0.39, 0.29) is 22.4 Å². The third-order valence-corrected chi connectivity index (χ3v) is 3.49. The first-order valence-corrected chi connectivity index (χ1v) is 6.71. The first kappa shape index (κ1) is 16.5. The van der Waals surface area contributed by atoms with E-state index in [0.717, 1.165) is 6.07 Å². The van der Waals surface area contributed by atoms with Crippen LogP contribution in [0.3, 0.4) is 0 Å². The summed E-state index contributed by atoms with van der Waals surface area (Å²) in [6, 6.07) is 14.4. The molecule has 0 aliphatic heterocycles. The Bertz CT molecular complexity index is 915. The van der Waals surface area contributed by atoms with Gasteiger partial charge in [0.1, 0.15) is 23.8 Å². The molecule has 0 N–H and O–H groups in total. The molecule has 2 aromatic rings. The third-order valence-electron chi connectivity index (χ3n) is 3.49. The highest BCUT2D eigenvalue weighted by molar-refractivity contribution is 5.60. The van der Waals surface area contributed by atoms with Crippen molar-refractivity contribution in [2.45, 2.75) is 5.92 Å². The van der Waals surface area contributed by atoms with Crippen LogP contribution in [0.2, 0.25) is 0 Å². The Kier molecular flexibility index (Phi) is 4.75. The zero-order chi connectivity index (χ0) is 17.7. The Labute approximate surface area is 137 Å². The first-order chi connectivity index (χ1) is 11.5. The van der Waals surface area contributed by atoms with Crippen LogP contribution in [0.25, 0.3) is 0 Å². The minimum atomic E-state index is -0.948. The summed E-state index contributed by atoms with van der Waals surface area (Å²) in [5.74, 6) is -0.362. The molecule has 0 saturated carbocycles. The van der Waals surface area contributed by atoms with Gasteiger partial charge in [-0.3, -0.25) is 10.1 Å². The van der Waals surface area contributed by atoms with Gasteiger partial charge in [-0.15, -0.1) is 0 Å². The molecule has 2 rings (SSSR count). The Morgan fingerprint density at radius 3 is 2.12 bits per heavy atom. The second-order valence-corrected chi connectivity index (χ2v) is 4.77. The van der Waals surface area contributed by atoms with Crippen LogP contribution in [0.15, 0.2) is 36.4 Å². The number of nitro groups is 1. The number of rotatable bonds is 4. The van der Waals surface area contributed by atoms with Crippen LogP contribution in [0.5, 0.6) is 5.75 Å². The number of methoxy groups -OCH3 is 1. The standard InChI is InChI=1S/C17H10N4O3/c1-24-14-4-2-11(3-5-14)16(10-20)15-6-12(8-18)13(9-19)7-17(15)21(22)23/h2-7,16H,1H3. The number of benzene rings is 2. The molecule has 0 amide bonds. The van der Waals surface area contributed by atoms with Crippen LogP contribution in [0.1, 0.15) is 28.2 Å². The van der Waals surface area contributed by atoms with Crippen molar-refractivity contribution >= 4 is 5.69 Å². The first-order valence-electron chi connectivity index (χ1n) is 6.71. The van der Waals surface area contributed by atoms with Crippen molar-refractivity contribution in [3.63, 3.8) is 0 Å². The van der Waals surface area contributed by atoms with Gasteiger partial charge in [-0.25, -0.2) is 0 Å². The van der Waals surface area contributed by atoms with E-state index in [1.807, 2.05) is 12.1 Å². The number of nitrogens with zero attached hydrogens (tertiary/aromatic N) is 4. The van der Waals surface area contributed by atoms with Crippen LogP contribution in [-0.2, 0) is 0 Å². The van der Waals surface area contributed by atoms with Gasteiger partial charge in [-0.1, -0.05) is 12.1 Å². The van der Waals surface area contributed by atoms with Gasteiger partial charge in [0.2, 0.25) is 0 Å². The Morgan fingerprint density at radius 2 is 1.67 bits per heavy atom. The van der Waals surface area contributed by atoms with Gasteiger partial charge in [0.15, 0.2) is 0 Å². The Hall–Kier alpha value is -3.89. The minimum Gasteiger partial charge on any atom is -0.497 e. The molecule has 0 fully saturated rings. The fourth-order valence-electron chi connectivity index (χ4n) is 2.30. The number of hydrogen-bond acceptors (Lipinski definition) is 6. The molecule has 0 aromatic heterocycles. The predicted molar refractivity (Wildman–Crippen MR) is 83.0 cm³/mol. The molecule has 7 heteroatoms. The summed E-state index contributed by atoms with van der Waals surface area (Å²) in [6.45, 7) is 0. The van der Waals surface area contributed by atoms with Gasteiger partial charge >= 0.3 is 0 Å². The molecular formula is C17H10N4O3. The van der Waals surface area contributed by atoms with Crippen molar-refractivity contribution in [2.75, 3.05) is 7.11 Å². The normalized spacial score (nSPS) is 10.8. The summed E-state index contributed by atoms with van der Waals surface area (Å²) in [5, 5.41) is 39.0. The van der Waals surface area contributed by atoms with E-state index in [1.54, 1.807) is 30.3 Å². The highest BCUT2D eigenvalue weighted by Crippen LogP contribution is 2.34. The lowest BCUT2D eigenvalue weighted by atomic mass is 9.89. The molecule has 0 saturated heterocycles.